The van der Waals surface area contributed by atoms with Crippen LogP contribution >= 0.6 is 0 Å². The molecule has 0 aliphatic carbocycles. The van der Waals surface area contributed by atoms with E-state index in [0.29, 0.717) is 138 Å². The zero-order chi connectivity index (χ0) is 69.3. The number of carbonyl (C=O) groups is 11. The molecule has 0 bridgehead atoms. The highest BCUT2D eigenvalue weighted by molar-refractivity contribution is 5.90. The highest BCUT2D eigenvalue weighted by Gasteiger charge is 2.34. The van der Waals surface area contributed by atoms with Crippen molar-refractivity contribution in [2.75, 3.05) is 115 Å². The van der Waals surface area contributed by atoms with Gasteiger partial charge in [0, 0.05) is 134 Å². The van der Waals surface area contributed by atoms with Gasteiger partial charge in [0.15, 0.2) is 0 Å². The number of Topliss-reactive ketones (excluding diaryl/α,β-unsaturated/α-hetero) is 1. The van der Waals surface area contributed by atoms with Gasteiger partial charge in [0.1, 0.15) is 28.6 Å². The van der Waals surface area contributed by atoms with Gasteiger partial charge in [-0.3, -0.25) is 52.7 Å². The number of ketones is 1. The third kappa shape index (κ3) is 41.6. The summed E-state index contributed by atoms with van der Waals surface area (Å²) >= 11 is 0. The van der Waals surface area contributed by atoms with Gasteiger partial charge in [0.2, 0.25) is 59.1 Å². The lowest BCUT2D eigenvalue weighted by Crippen LogP contribution is -2.58. The Morgan fingerprint density at radius 3 is 0.884 bits per heavy atom. The molecule has 10 amide bonds. The van der Waals surface area contributed by atoms with Gasteiger partial charge in [0.05, 0.1) is 59.5 Å². The number of anilines is 3. The fourth-order valence-electron chi connectivity index (χ4n) is 8.88. The number of carbonyl (C=O) groups excluding carboxylic acids is 11. The number of rotatable bonds is 53. The molecule has 0 spiro atoms. The molecule has 0 aromatic heterocycles. The van der Waals surface area contributed by atoms with Gasteiger partial charge in [-0.05, 0) is 124 Å². The molecule has 526 valence electrons. The van der Waals surface area contributed by atoms with Crippen LogP contribution in [0.4, 0.5) is 17.1 Å². The van der Waals surface area contributed by atoms with Crippen LogP contribution in [0, 0.1) is 5.92 Å². The Morgan fingerprint density at radius 2 is 0.600 bits per heavy atom. The Kier molecular flexibility index (Phi) is 41.5. The number of nitrogens with one attached hydrogen (secondary N) is 10. The van der Waals surface area contributed by atoms with Crippen molar-refractivity contribution in [3.8, 4) is 17.2 Å². The minimum Gasteiger partial charge on any atom is -0.494 e. The van der Waals surface area contributed by atoms with E-state index in [0.717, 1.165) is 0 Å². The molecule has 0 aliphatic heterocycles. The smallest absolute Gasteiger partial charge is 0.222 e. The summed E-state index contributed by atoms with van der Waals surface area (Å²) in [6.07, 6.45) is 5.73. The molecule has 3 aromatic carbocycles. The first-order valence-corrected chi connectivity index (χ1v) is 32.9. The molecule has 27 nitrogen and oxygen atoms in total. The van der Waals surface area contributed by atoms with E-state index < -0.39 is 5.54 Å². The summed E-state index contributed by atoms with van der Waals surface area (Å²) in [6, 6.07) is 20.7. The number of hydrogen-bond donors (Lipinski definition) is 10. The van der Waals surface area contributed by atoms with Gasteiger partial charge < -0.3 is 81.6 Å². The lowest BCUT2D eigenvalue weighted by molar-refractivity contribution is -0.130. The number of ether oxygens (including phenoxy) is 6. The lowest BCUT2D eigenvalue weighted by Gasteiger charge is -2.34. The molecule has 3 aromatic rings. The lowest BCUT2D eigenvalue weighted by atomic mass is 10.0. The van der Waals surface area contributed by atoms with Gasteiger partial charge in [-0.2, -0.15) is 0 Å². The number of unbranched alkanes of at least 4 members (excludes halogenated alkanes) is 2. The number of amides is 10. The molecule has 0 saturated heterocycles. The minimum atomic E-state index is -1.35. The van der Waals surface area contributed by atoms with Crippen molar-refractivity contribution in [1.29, 1.82) is 0 Å². The Labute approximate surface area is 558 Å². The average molecular weight is 1330 g/mol. The summed E-state index contributed by atoms with van der Waals surface area (Å²) in [5, 5.41) is 28.1. The predicted molar refractivity (Wildman–Crippen MR) is 358 cm³/mol. The summed E-state index contributed by atoms with van der Waals surface area (Å²) in [5.74, 6) is -0.383. The first kappa shape index (κ1) is 80.5. The summed E-state index contributed by atoms with van der Waals surface area (Å²) in [5.41, 5.74) is 0.600. The van der Waals surface area contributed by atoms with Crippen molar-refractivity contribution in [3.63, 3.8) is 0 Å². The van der Waals surface area contributed by atoms with E-state index in [-0.39, 0.29) is 175 Å². The third-order valence-electron chi connectivity index (χ3n) is 13.9. The topological polar surface area (TPSA) is 363 Å². The second-order valence-corrected chi connectivity index (χ2v) is 23.1. The van der Waals surface area contributed by atoms with Gasteiger partial charge in [0.25, 0.3) is 0 Å². The fraction of sp³-hybridized carbons (Fsp3) is 0.574. The van der Waals surface area contributed by atoms with Crippen LogP contribution in [0.3, 0.4) is 0 Å². The minimum absolute atomic E-state index is 0.0425. The van der Waals surface area contributed by atoms with E-state index >= 15 is 0 Å². The molecule has 0 atom stereocenters. The van der Waals surface area contributed by atoms with Crippen molar-refractivity contribution in [1.82, 2.24) is 37.2 Å². The first-order valence-electron chi connectivity index (χ1n) is 32.9. The third-order valence-corrected chi connectivity index (χ3v) is 13.9. The molecular formula is C68H102N10O17. The van der Waals surface area contributed by atoms with Crippen LogP contribution in [0.5, 0.6) is 17.2 Å². The second kappa shape index (κ2) is 48.9. The van der Waals surface area contributed by atoms with Crippen LogP contribution in [0.1, 0.15) is 144 Å². The summed E-state index contributed by atoms with van der Waals surface area (Å²) in [4.78, 5) is 136. The molecule has 0 radical (unpaired) electrons. The van der Waals surface area contributed by atoms with Crippen molar-refractivity contribution < 1.29 is 81.2 Å². The average Bonchev–Trinajstić information content (AvgIpc) is 0.947. The first-order chi connectivity index (χ1) is 45.7. The van der Waals surface area contributed by atoms with Crippen molar-refractivity contribution in [2.45, 2.75) is 149 Å². The molecule has 10 N–H and O–H groups in total. The summed E-state index contributed by atoms with van der Waals surface area (Å²) < 4.78 is 35.3. The van der Waals surface area contributed by atoms with Crippen molar-refractivity contribution in [2.24, 2.45) is 5.92 Å². The van der Waals surface area contributed by atoms with Crippen molar-refractivity contribution in [3.05, 3.63) is 72.8 Å². The summed E-state index contributed by atoms with van der Waals surface area (Å²) in [7, 11) is 0. The number of hydrogen-bond acceptors (Lipinski definition) is 17. The van der Waals surface area contributed by atoms with E-state index in [1.54, 1.807) is 72.8 Å². The standard InChI is InChI=1S/C68H102N10O17/c1-50(2)60(82)15-7-6-8-16-67(89)78-68(47-90-44-32-64(86)72-38-12-35-69-61(83)17-9-41-93-57-26-20-54(21-27-57)75-51(3)79,48-91-45-33-65(87)73-39-13-36-70-62(84)18-10-42-94-58-28-22-55(23-29-58)76-52(4)80)49-92-46-34-66(88)74-40-14-37-71-63(85)19-11-43-95-59-30-24-56(25-31-59)77-53(5)81/h20-31,50H,6-19,32-49H2,1-5H3,(H,69,83)(H,70,84)(H,71,85)(H,72,86)(H,73,87)(H,74,88)(H,75,79)(H,76,80)(H,77,81)(H,78,89). The van der Waals surface area contributed by atoms with Crippen LogP contribution in [0.15, 0.2) is 72.8 Å². The highest BCUT2D eigenvalue weighted by Crippen LogP contribution is 2.19. The molecule has 0 heterocycles. The van der Waals surface area contributed by atoms with Gasteiger partial charge in [-0.1, -0.05) is 20.3 Å². The normalized spacial score (nSPS) is 10.9. The Morgan fingerprint density at radius 1 is 0.326 bits per heavy atom. The van der Waals surface area contributed by atoms with Crippen LogP contribution in [-0.2, 0) is 67.0 Å². The van der Waals surface area contributed by atoms with Gasteiger partial charge in [-0.15, -0.1) is 0 Å². The van der Waals surface area contributed by atoms with Crippen LogP contribution < -0.4 is 67.4 Å². The zero-order valence-corrected chi connectivity index (χ0v) is 56.1. The molecule has 95 heavy (non-hydrogen) atoms. The Balaban J connectivity index is 1.50. The van der Waals surface area contributed by atoms with E-state index in [4.69, 9.17) is 28.4 Å². The monoisotopic (exact) mass is 1330 g/mol. The Hall–Kier alpha value is -8.69. The number of benzene rings is 3. The maximum Gasteiger partial charge on any atom is 0.222 e. The van der Waals surface area contributed by atoms with Crippen molar-refractivity contribution >= 4 is 81.9 Å². The fourth-order valence-corrected chi connectivity index (χ4v) is 8.88. The molecule has 27 heteroatoms. The maximum atomic E-state index is 13.7. The largest absolute Gasteiger partial charge is 0.494 e. The van der Waals surface area contributed by atoms with E-state index in [1.807, 2.05) is 13.8 Å². The Bertz CT molecular complexity index is 2540. The quantitative estimate of drug-likeness (QED) is 0.0309. The van der Waals surface area contributed by atoms with Crippen LogP contribution in [-0.4, -0.2) is 169 Å². The van der Waals surface area contributed by atoms with Gasteiger partial charge in [-0.25, -0.2) is 0 Å². The SMILES string of the molecule is CC(=O)Nc1ccc(OCCCC(=O)NCCCNC(=O)CCOCC(COCCC(=O)NCCCNC(=O)CCCOc2ccc(NC(C)=O)cc2)(COCCC(=O)NCCCNC(=O)CCCOc2ccc(NC(C)=O)cc2)NC(=O)CCCCCC(=O)C(C)C)cc1. The second-order valence-electron chi connectivity index (χ2n) is 23.1. The molecule has 0 aliphatic rings. The molecule has 0 saturated carbocycles. The highest BCUT2D eigenvalue weighted by atomic mass is 16.5. The predicted octanol–water partition coefficient (Wildman–Crippen LogP) is 5.56. The molecular weight excluding hydrogens is 1230 g/mol. The summed E-state index contributed by atoms with van der Waals surface area (Å²) in [6.45, 7) is 10.1. The van der Waals surface area contributed by atoms with Crippen LogP contribution in [0.25, 0.3) is 0 Å². The van der Waals surface area contributed by atoms with E-state index in [2.05, 4.69) is 53.2 Å². The zero-order valence-electron chi connectivity index (χ0n) is 56.1. The molecule has 0 unspecified atom stereocenters. The van der Waals surface area contributed by atoms with E-state index in [9.17, 15) is 52.7 Å². The molecule has 3 rings (SSSR count). The van der Waals surface area contributed by atoms with Crippen LogP contribution in [0.2, 0.25) is 0 Å². The van der Waals surface area contributed by atoms with E-state index in [1.165, 1.54) is 20.8 Å². The van der Waals surface area contributed by atoms with Gasteiger partial charge >= 0.3 is 0 Å². The molecule has 0 fully saturated rings. The maximum absolute atomic E-state index is 13.7.